The SMILES string of the molecule is Cc1cc(OOC(C)(C)C)c(C)c(C(=O)OOC(=O)c2cc(C)cc(OOC(C)(C)C)c2C)c1. The van der Waals surface area contributed by atoms with Crippen LogP contribution in [0, 0.1) is 27.7 Å². The summed E-state index contributed by atoms with van der Waals surface area (Å²) >= 11 is 0. The highest BCUT2D eigenvalue weighted by molar-refractivity contribution is 5.94. The van der Waals surface area contributed by atoms with Gasteiger partial charge < -0.3 is 9.78 Å². The van der Waals surface area contributed by atoms with Crippen molar-refractivity contribution in [3.8, 4) is 11.5 Å². The largest absolute Gasteiger partial charge is 0.386 e. The number of hydrogen-bond acceptors (Lipinski definition) is 8. The summed E-state index contributed by atoms with van der Waals surface area (Å²) in [5.41, 5.74) is 1.73. The molecule has 0 fully saturated rings. The van der Waals surface area contributed by atoms with Gasteiger partial charge in [0, 0.05) is 11.1 Å². The van der Waals surface area contributed by atoms with Crippen molar-refractivity contribution in [2.45, 2.75) is 80.4 Å². The van der Waals surface area contributed by atoms with Crippen LogP contribution in [0.5, 0.6) is 11.5 Å². The molecule has 0 amide bonds. The maximum absolute atomic E-state index is 12.7. The lowest BCUT2D eigenvalue weighted by molar-refractivity contribution is -0.275. The normalized spacial score (nSPS) is 11.7. The first-order valence-corrected chi connectivity index (χ1v) is 10.9. The second-order valence-corrected chi connectivity index (χ2v) is 10.2. The quantitative estimate of drug-likeness (QED) is 0.368. The molecule has 8 nitrogen and oxygen atoms in total. The van der Waals surface area contributed by atoms with Gasteiger partial charge in [-0.2, -0.15) is 9.78 Å². The van der Waals surface area contributed by atoms with Gasteiger partial charge in [0.2, 0.25) is 0 Å². The van der Waals surface area contributed by atoms with Gasteiger partial charge in [-0.15, -0.1) is 0 Å². The van der Waals surface area contributed by atoms with Crippen LogP contribution in [0.25, 0.3) is 0 Å². The first-order chi connectivity index (χ1) is 15.6. The van der Waals surface area contributed by atoms with Crippen LogP contribution in [0.2, 0.25) is 0 Å². The zero-order valence-corrected chi connectivity index (χ0v) is 21.6. The number of aryl methyl sites for hydroxylation is 2. The molecule has 8 heteroatoms. The number of hydrogen-bond donors (Lipinski definition) is 0. The Balaban J connectivity index is 2.17. The van der Waals surface area contributed by atoms with Crippen LogP contribution in [0.3, 0.4) is 0 Å². The molecule has 0 aromatic heterocycles. The Morgan fingerprint density at radius 1 is 0.588 bits per heavy atom. The molecular formula is C26H34O8. The molecule has 186 valence electrons. The summed E-state index contributed by atoms with van der Waals surface area (Å²) in [5.74, 6) is -0.951. The fourth-order valence-electron chi connectivity index (χ4n) is 2.75. The first-order valence-electron chi connectivity index (χ1n) is 10.9. The van der Waals surface area contributed by atoms with Crippen molar-refractivity contribution in [2.75, 3.05) is 0 Å². The molecule has 0 radical (unpaired) electrons. The van der Waals surface area contributed by atoms with Crippen LogP contribution in [0.4, 0.5) is 0 Å². The summed E-state index contributed by atoms with van der Waals surface area (Å²) < 4.78 is 0. The summed E-state index contributed by atoms with van der Waals surface area (Å²) in [6, 6.07) is 6.70. The van der Waals surface area contributed by atoms with Crippen molar-refractivity contribution in [2.24, 2.45) is 0 Å². The predicted octanol–water partition coefficient (Wildman–Crippen LogP) is 6.07. The van der Waals surface area contributed by atoms with E-state index in [1.54, 1.807) is 52.0 Å². The van der Waals surface area contributed by atoms with E-state index in [1.165, 1.54) is 0 Å². The van der Waals surface area contributed by atoms with Crippen LogP contribution in [0.1, 0.15) is 84.5 Å². The Hall–Kier alpha value is -3.10. The molecule has 0 atom stereocenters. The topological polar surface area (TPSA) is 89.5 Å². The third-order valence-corrected chi connectivity index (χ3v) is 4.40. The molecule has 0 aliphatic heterocycles. The molecule has 2 rings (SSSR count). The molecule has 0 saturated carbocycles. The van der Waals surface area contributed by atoms with E-state index in [-0.39, 0.29) is 11.1 Å². The van der Waals surface area contributed by atoms with Gasteiger partial charge in [0.25, 0.3) is 0 Å². The van der Waals surface area contributed by atoms with Gasteiger partial charge in [0.15, 0.2) is 11.5 Å². The third-order valence-electron chi connectivity index (χ3n) is 4.40. The van der Waals surface area contributed by atoms with E-state index in [0.29, 0.717) is 22.6 Å². The van der Waals surface area contributed by atoms with E-state index in [0.717, 1.165) is 11.1 Å². The highest BCUT2D eigenvalue weighted by atomic mass is 17.2. The van der Waals surface area contributed by atoms with Crippen LogP contribution in [0.15, 0.2) is 24.3 Å². The zero-order chi connectivity index (χ0) is 25.8. The van der Waals surface area contributed by atoms with Gasteiger partial charge >= 0.3 is 11.9 Å². The lowest BCUT2D eigenvalue weighted by atomic mass is 10.0. The Kier molecular flexibility index (Phi) is 8.34. The second-order valence-electron chi connectivity index (χ2n) is 10.2. The lowest BCUT2D eigenvalue weighted by Crippen LogP contribution is -2.22. The molecule has 0 saturated heterocycles. The van der Waals surface area contributed by atoms with E-state index >= 15 is 0 Å². The Morgan fingerprint density at radius 3 is 1.21 bits per heavy atom. The van der Waals surface area contributed by atoms with Gasteiger partial charge in [0.1, 0.15) is 11.2 Å². The highest BCUT2D eigenvalue weighted by Crippen LogP contribution is 2.28. The fourth-order valence-corrected chi connectivity index (χ4v) is 2.75. The molecule has 0 aliphatic carbocycles. The third kappa shape index (κ3) is 7.74. The number of carbonyl (C=O) groups excluding carboxylic acids is 2. The average Bonchev–Trinajstić information content (AvgIpc) is 2.71. The molecule has 0 N–H and O–H groups in total. The Bertz CT molecular complexity index is 972. The van der Waals surface area contributed by atoms with Crippen molar-refractivity contribution < 1.29 is 38.9 Å². The smallest absolute Gasteiger partial charge is 0.337 e. The maximum atomic E-state index is 12.7. The van der Waals surface area contributed by atoms with E-state index in [2.05, 4.69) is 0 Å². The van der Waals surface area contributed by atoms with Crippen LogP contribution < -0.4 is 9.78 Å². The van der Waals surface area contributed by atoms with Crippen molar-refractivity contribution in [3.05, 3.63) is 57.6 Å². The summed E-state index contributed by atoms with van der Waals surface area (Å²) in [5, 5.41) is 0. The van der Waals surface area contributed by atoms with Crippen LogP contribution in [-0.2, 0) is 19.6 Å². The maximum Gasteiger partial charge on any atom is 0.386 e. The number of carbonyl (C=O) groups is 2. The van der Waals surface area contributed by atoms with E-state index < -0.39 is 23.1 Å². The fraction of sp³-hybridized carbons (Fsp3) is 0.462. The molecule has 0 bridgehead atoms. The lowest BCUT2D eigenvalue weighted by Gasteiger charge is -2.20. The predicted molar refractivity (Wildman–Crippen MR) is 126 cm³/mol. The molecule has 2 aromatic carbocycles. The summed E-state index contributed by atoms with van der Waals surface area (Å²) in [4.78, 5) is 56.7. The Morgan fingerprint density at radius 2 is 0.912 bits per heavy atom. The first kappa shape index (κ1) is 27.1. The Labute approximate surface area is 200 Å². The standard InChI is InChI=1S/C26H34O8/c1-15-11-19(17(3)21(13-15)29-33-25(5,6)7)23(27)31-32-24(28)20-12-16(2)14-22(18(20)4)30-34-26(8,9)10/h11-14H,1-10H3. The second kappa shape index (κ2) is 10.4. The van der Waals surface area contributed by atoms with Crippen molar-refractivity contribution in [1.82, 2.24) is 0 Å². The van der Waals surface area contributed by atoms with Crippen molar-refractivity contribution >= 4 is 11.9 Å². The van der Waals surface area contributed by atoms with Gasteiger partial charge in [-0.1, -0.05) is 0 Å². The van der Waals surface area contributed by atoms with Crippen LogP contribution >= 0.6 is 0 Å². The summed E-state index contributed by atoms with van der Waals surface area (Å²) in [6.07, 6.45) is 0. The molecule has 0 spiro atoms. The number of rotatable bonds is 6. The minimum Gasteiger partial charge on any atom is -0.337 e. The summed E-state index contributed by atoms with van der Waals surface area (Å²) in [7, 11) is 0. The minimum atomic E-state index is -0.840. The molecule has 0 aliphatic rings. The monoisotopic (exact) mass is 474 g/mol. The van der Waals surface area contributed by atoms with Gasteiger partial charge in [-0.25, -0.2) is 19.4 Å². The van der Waals surface area contributed by atoms with Crippen LogP contribution in [-0.4, -0.2) is 23.1 Å². The minimum absolute atomic E-state index is 0.184. The molecule has 34 heavy (non-hydrogen) atoms. The highest BCUT2D eigenvalue weighted by Gasteiger charge is 2.23. The number of benzene rings is 2. The van der Waals surface area contributed by atoms with Gasteiger partial charge in [-0.05, 0) is 105 Å². The van der Waals surface area contributed by atoms with Gasteiger partial charge in [0.05, 0.1) is 11.1 Å². The van der Waals surface area contributed by atoms with Crippen molar-refractivity contribution in [3.63, 3.8) is 0 Å². The summed E-state index contributed by atoms with van der Waals surface area (Å²) in [6.45, 7) is 18.0. The van der Waals surface area contributed by atoms with E-state index in [9.17, 15) is 9.59 Å². The molecular weight excluding hydrogens is 440 g/mol. The van der Waals surface area contributed by atoms with Crippen molar-refractivity contribution in [1.29, 1.82) is 0 Å². The zero-order valence-electron chi connectivity index (χ0n) is 21.6. The van der Waals surface area contributed by atoms with Gasteiger partial charge in [-0.3, -0.25) is 0 Å². The van der Waals surface area contributed by atoms with E-state index in [1.807, 2.05) is 41.5 Å². The molecule has 2 aromatic rings. The molecule has 0 heterocycles. The average molecular weight is 475 g/mol. The molecule has 0 unspecified atom stereocenters. The van der Waals surface area contributed by atoms with E-state index in [4.69, 9.17) is 29.3 Å².